The van der Waals surface area contributed by atoms with Gasteiger partial charge in [-0.25, -0.2) is 14.0 Å². The van der Waals surface area contributed by atoms with Crippen molar-refractivity contribution in [3.8, 4) is 5.75 Å². The summed E-state index contributed by atoms with van der Waals surface area (Å²) in [5.41, 5.74) is -0.482. The Balaban J connectivity index is 1.48. The number of carbonyl (C=O) groups excluding carboxylic acids is 1. The van der Waals surface area contributed by atoms with E-state index in [9.17, 15) is 19.5 Å². The summed E-state index contributed by atoms with van der Waals surface area (Å²) in [5.74, 6) is -2.05. The van der Waals surface area contributed by atoms with E-state index < -0.39 is 34.4 Å². The van der Waals surface area contributed by atoms with Crippen molar-refractivity contribution in [3.05, 3.63) is 105 Å². The van der Waals surface area contributed by atoms with Gasteiger partial charge in [-0.05, 0) is 30.9 Å². The molecular formula is C31H28FN3O6. The molecule has 1 amide bonds. The first-order valence-corrected chi connectivity index (χ1v) is 13.4. The van der Waals surface area contributed by atoms with Crippen LogP contribution in [0.3, 0.4) is 0 Å². The van der Waals surface area contributed by atoms with Gasteiger partial charge in [0, 0.05) is 12.7 Å². The molecule has 3 aromatic carbocycles. The van der Waals surface area contributed by atoms with E-state index in [1.807, 2.05) is 67.6 Å². The number of aromatic nitrogens is 1. The van der Waals surface area contributed by atoms with Crippen LogP contribution >= 0.6 is 0 Å². The number of carbonyl (C=O) groups is 2. The molecule has 41 heavy (non-hydrogen) atoms. The molecule has 0 bridgehead atoms. The molecule has 9 nitrogen and oxygen atoms in total. The van der Waals surface area contributed by atoms with Crippen molar-refractivity contribution in [1.29, 1.82) is 0 Å². The van der Waals surface area contributed by atoms with Crippen LogP contribution in [0.4, 0.5) is 14.9 Å². The highest BCUT2D eigenvalue weighted by Gasteiger charge is 2.52. The van der Waals surface area contributed by atoms with Gasteiger partial charge in [0.05, 0.1) is 33.7 Å². The number of nitrogens with zero attached hydrogens (tertiary/aromatic N) is 1. The molecule has 2 heterocycles. The second kappa shape index (κ2) is 10.3. The number of halogens is 1. The normalized spacial score (nSPS) is 16.5. The molecule has 1 aliphatic carbocycles. The lowest BCUT2D eigenvalue weighted by Gasteiger charge is -2.32. The van der Waals surface area contributed by atoms with Gasteiger partial charge in [0.2, 0.25) is 5.43 Å². The van der Waals surface area contributed by atoms with Gasteiger partial charge in [-0.3, -0.25) is 4.79 Å². The Kier molecular flexibility index (Phi) is 6.61. The monoisotopic (exact) mass is 557 g/mol. The minimum Gasteiger partial charge on any atom is -0.489 e. The predicted molar refractivity (Wildman–Crippen MR) is 150 cm³/mol. The standard InChI is InChI=1S/C31H28FN3O6/c1-18-16-40-28-23(31(12-13-31)34-30(39)41-17-20-10-6-3-7-11-20)24(32)25(33-14-19-8-4-2-5-9-19)22-26(28)35(18)15-21(27(22)36)29(37)38/h2-11,15,18,33H,12-14,16-17H2,1H3,(H,34,39)(H,37,38). The van der Waals surface area contributed by atoms with E-state index in [1.165, 1.54) is 6.20 Å². The predicted octanol–water partition coefficient (Wildman–Crippen LogP) is 5.32. The molecule has 1 aromatic heterocycles. The number of carboxylic acid groups (broad SMARTS) is 1. The maximum absolute atomic E-state index is 16.7. The molecule has 1 aliphatic heterocycles. The molecule has 4 aromatic rings. The molecule has 0 spiro atoms. The van der Waals surface area contributed by atoms with E-state index in [-0.39, 0.29) is 53.7 Å². The number of amides is 1. The molecule has 210 valence electrons. The fraction of sp³-hybridized carbons (Fsp3) is 0.258. The van der Waals surface area contributed by atoms with E-state index in [2.05, 4.69) is 10.6 Å². The maximum atomic E-state index is 16.7. The first-order chi connectivity index (χ1) is 19.8. The summed E-state index contributed by atoms with van der Waals surface area (Å²) < 4.78 is 29.9. The molecule has 6 rings (SSSR count). The van der Waals surface area contributed by atoms with Crippen LogP contribution in [0.5, 0.6) is 5.75 Å². The molecule has 0 radical (unpaired) electrons. The molecule has 2 aliphatic rings. The maximum Gasteiger partial charge on any atom is 0.408 e. The van der Waals surface area contributed by atoms with Gasteiger partial charge in [0.25, 0.3) is 0 Å². The number of carboxylic acids is 1. The highest BCUT2D eigenvalue weighted by molar-refractivity contribution is 6.02. The van der Waals surface area contributed by atoms with Crippen molar-refractivity contribution in [2.75, 3.05) is 11.9 Å². The second-order valence-electron chi connectivity index (χ2n) is 10.5. The van der Waals surface area contributed by atoms with Gasteiger partial charge >= 0.3 is 12.1 Å². The van der Waals surface area contributed by atoms with Crippen molar-refractivity contribution in [3.63, 3.8) is 0 Å². The lowest BCUT2D eigenvalue weighted by Crippen LogP contribution is -2.37. The minimum atomic E-state index is -1.40. The van der Waals surface area contributed by atoms with Crippen LogP contribution in [0, 0.1) is 5.82 Å². The van der Waals surface area contributed by atoms with E-state index in [0.29, 0.717) is 12.8 Å². The summed E-state index contributed by atoms with van der Waals surface area (Å²) in [5, 5.41) is 15.6. The summed E-state index contributed by atoms with van der Waals surface area (Å²) in [6.07, 6.45) is 1.43. The van der Waals surface area contributed by atoms with Crippen molar-refractivity contribution < 1.29 is 28.6 Å². The molecule has 0 saturated heterocycles. The number of benzene rings is 3. The van der Waals surface area contributed by atoms with Gasteiger partial charge < -0.3 is 29.8 Å². The van der Waals surface area contributed by atoms with Gasteiger partial charge in [0.1, 0.15) is 18.8 Å². The van der Waals surface area contributed by atoms with E-state index in [1.54, 1.807) is 4.57 Å². The SMILES string of the molecule is CC1COc2c(C3(NC(=O)OCc4ccccc4)CC3)c(F)c(NCc3ccccc3)c3c(=O)c(C(=O)O)cn1c23. The average molecular weight is 558 g/mol. The number of nitrogens with one attached hydrogen (secondary N) is 2. The zero-order valence-corrected chi connectivity index (χ0v) is 22.3. The fourth-order valence-corrected chi connectivity index (χ4v) is 5.37. The third-order valence-corrected chi connectivity index (χ3v) is 7.63. The number of alkyl carbamates (subject to hydrolysis) is 1. The number of pyridine rings is 1. The van der Waals surface area contributed by atoms with Crippen LogP contribution < -0.4 is 20.8 Å². The Bertz CT molecular complexity index is 1720. The number of hydrogen-bond donors (Lipinski definition) is 3. The molecule has 1 atom stereocenters. The van der Waals surface area contributed by atoms with Gasteiger partial charge in [-0.15, -0.1) is 0 Å². The van der Waals surface area contributed by atoms with Gasteiger partial charge in [-0.2, -0.15) is 0 Å². The average Bonchev–Trinajstić information content (AvgIpc) is 3.74. The van der Waals surface area contributed by atoms with Crippen molar-refractivity contribution in [2.45, 2.75) is 44.5 Å². The summed E-state index contributed by atoms with van der Waals surface area (Å²) in [4.78, 5) is 38.4. The van der Waals surface area contributed by atoms with Crippen LogP contribution in [0.25, 0.3) is 10.9 Å². The Morgan fingerprint density at radius 3 is 2.39 bits per heavy atom. The quantitative estimate of drug-likeness (QED) is 0.268. The van der Waals surface area contributed by atoms with E-state index in [0.717, 1.165) is 11.1 Å². The first kappa shape index (κ1) is 26.4. The summed E-state index contributed by atoms with van der Waals surface area (Å²) in [6.45, 7) is 2.18. The lowest BCUT2D eigenvalue weighted by molar-refractivity contribution is 0.0694. The Labute approximate surface area is 234 Å². The Morgan fingerprint density at radius 1 is 1.10 bits per heavy atom. The zero-order valence-electron chi connectivity index (χ0n) is 22.3. The number of anilines is 1. The van der Waals surface area contributed by atoms with Crippen LogP contribution in [-0.4, -0.2) is 28.3 Å². The van der Waals surface area contributed by atoms with Crippen LogP contribution in [0.15, 0.2) is 71.7 Å². The molecular weight excluding hydrogens is 529 g/mol. The van der Waals surface area contributed by atoms with Gasteiger partial charge in [-0.1, -0.05) is 60.7 Å². The number of aromatic carboxylic acids is 1. The highest BCUT2D eigenvalue weighted by atomic mass is 19.1. The fourth-order valence-electron chi connectivity index (χ4n) is 5.37. The van der Waals surface area contributed by atoms with Crippen molar-refractivity contribution in [1.82, 2.24) is 9.88 Å². The highest BCUT2D eigenvalue weighted by Crippen LogP contribution is 2.54. The molecule has 1 fully saturated rings. The molecule has 3 N–H and O–H groups in total. The lowest BCUT2D eigenvalue weighted by atomic mass is 9.95. The third-order valence-electron chi connectivity index (χ3n) is 7.63. The number of ether oxygens (including phenoxy) is 2. The number of hydrogen-bond acceptors (Lipinski definition) is 6. The first-order valence-electron chi connectivity index (χ1n) is 13.4. The van der Waals surface area contributed by atoms with Crippen LogP contribution in [-0.2, 0) is 23.4 Å². The van der Waals surface area contributed by atoms with Crippen molar-refractivity contribution in [2.24, 2.45) is 0 Å². The smallest absolute Gasteiger partial charge is 0.408 e. The second-order valence-corrected chi connectivity index (χ2v) is 10.5. The van der Waals surface area contributed by atoms with Crippen molar-refractivity contribution >= 4 is 28.7 Å². The molecule has 1 unspecified atom stereocenters. The minimum absolute atomic E-state index is 0.0468. The zero-order chi connectivity index (χ0) is 28.7. The summed E-state index contributed by atoms with van der Waals surface area (Å²) >= 11 is 0. The topological polar surface area (TPSA) is 119 Å². The Hall–Kier alpha value is -4.86. The van der Waals surface area contributed by atoms with Crippen LogP contribution in [0.2, 0.25) is 0 Å². The van der Waals surface area contributed by atoms with Crippen LogP contribution in [0.1, 0.15) is 52.9 Å². The Morgan fingerprint density at radius 2 is 1.76 bits per heavy atom. The van der Waals surface area contributed by atoms with E-state index >= 15 is 4.39 Å². The molecule has 10 heteroatoms. The summed E-state index contributed by atoms with van der Waals surface area (Å²) in [7, 11) is 0. The molecule has 1 saturated carbocycles. The van der Waals surface area contributed by atoms with E-state index in [4.69, 9.17) is 9.47 Å². The van der Waals surface area contributed by atoms with Gasteiger partial charge in [0.15, 0.2) is 11.6 Å². The summed E-state index contributed by atoms with van der Waals surface area (Å²) in [6, 6.07) is 18.1. The third kappa shape index (κ3) is 4.75. The number of rotatable bonds is 8. The largest absolute Gasteiger partial charge is 0.489 e.